The molecule has 0 atom stereocenters. The van der Waals surface area contributed by atoms with E-state index >= 15 is 0 Å². The first-order chi connectivity index (χ1) is 14.5. The lowest BCUT2D eigenvalue weighted by molar-refractivity contribution is -0.118. The molecule has 0 aliphatic carbocycles. The van der Waals surface area contributed by atoms with Gasteiger partial charge >= 0.3 is 0 Å². The lowest BCUT2D eigenvalue weighted by Crippen LogP contribution is -2.31. The molecule has 0 radical (unpaired) electrons. The van der Waals surface area contributed by atoms with Crippen LogP contribution in [0.5, 0.6) is 5.75 Å². The summed E-state index contributed by atoms with van der Waals surface area (Å²) in [5.74, 6) is 1.43. The Hall–Kier alpha value is -2.83. The summed E-state index contributed by atoms with van der Waals surface area (Å²) in [5.41, 5.74) is 2.75. The average molecular weight is 441 g/mol. The number of hydrogen-bond acceptors (Lipinski definition) is 5. The Morgan fingerprint density at radius 2 is 2.03 bits per heavy atom. The van der Waals surface area contributed by atoms with Crippen molar-refractivity contribution in [2.75, 3.05) is 11.5 Å². The fourth-order valence-electron chi connectivity index (χ4n) is 3.22. The summed E-state index contributed by atoms with van der Waals surface area (Å²) in [5, 5.41) is 1.29. The van der Waals surface area contributed by atoms with Crippen LogP contribution < -0.4 is 9.64 Å². The van der Waals surface area contributed by atoms with E-state index in [0.29, 0.717) is 29.1 Å². The SMILES string of the molecule is CCOc1ccc(CC(=O)N(Cc2ccco2)c2nc3c(C)cc(Cl)cc3s2)cc1. The fourth-order valence-corrected chi connectivity index (χ4v) is 4.66. The minimum Gasteiger partial charge on any atom is -0.494 e. The van der Waals surface area contributed by atoms with Gasteiger partial charge in [0.1, 0.15) is 11.5 Å². The van der Waals surface area contributed by atoms with Gasteiger partial charge in [-0.05, 0) is 61.4 Å². The molecule has 30 heavy (non-hydrogen) atoms. The van der Waals surface area contributed by atoms with Crippen LogP contribution in [0, 0.1) is 6.92 Å². The number of hydrogen-bond donors (Lipinski definition) is 0. The molecular formula is C23H21ClN2O3S. The summed E-state index contributed by atoms with van der Waals surface area (Å²) in [4.78, 5) is 19.7. The van der Waals surface area contributed by atoms with Gasteiger partial charge in [-0.3, -0.25) is 9.69 Å². The van der Waals surface area contributed by atoms with Crippen molar-refractivity contribution in [3.8, 4) is 5.75 Å². The van der Waals surface area contributed by atoms with Gasteiger partial charge in [0.25, 0.3) is 0 Å². The van der Waals surface area contributed by atoms with Crippen LogP contribution in [-0.2, 0) is 17.8 Å². The van der Waals surface area contributed by atoms with Crippen LogP contribution in [0.3, 0.4) is 0 Å². The first kappa shape index (κ1) is 20.4. The van der Waals surface area contributed by atoms with Crippen molar-refractivity contribution in [3.63, 3.8) is 0 Å². The zero-order valence-corrected chi connectivity index (χ0v) is 18.3. The first-order valence-electron chi connectivity index (χ1n) is 9.64. The molecule has 154 valence electrons. The molecular weight excluding hydrogens is 420 g/mol. The Bertz CT molecular complexity index is 1150. The predicted octanol–water partition coefficient (Wildman–Crippen LogP) is 6.03. The number of benzene rings is 2. The van der Waals surface area contributed by atoms with Crippen LogP contribution in [0.15, 0.2) is 59.2 Å². The van der Waals surface area contributed by atoms with Crippen molar-refractivity contribution in [3.05, 3.63) is 76.7 Å². The summed E-state index contributed by atoms with van der Waals surface area (Å²) in [6, 6.07) is 15.0. The van der Waals surface area contributed by atoms with Crippen LogP contribution in [0.2, 0.25) is 5.02 Å². The molecule has 1 amide bonds. The van der Waals surface area contributed by atoms with Crippen LogP contribution in [0.1, 0.15) is 23.8 Å². The van der Waals surface area contributed by atoms with Gasteiger partial charge in [0.05, 0.1) is 36.1 Å². The molecule has 4 aromatic rings. The maximum Gasteiger partial charge on any atom is 0.233 e. The number of rotatable bonds is 7. The molecule has 2 heterocycles. The molecule has 7 heteroatoms. The van der Waals surface area contributed by atoms with Crippen molar-refractivity contribution in [1.29, 1.82) is 0 Å². The van der Waals surface area contributed by atoms with Crippen LogP contribution in [0.25, 0.3) is 10.2 Å². The predicted molar refractivity (Wildman–Crippen MR) is 121 cm³/mol. The number of fused-ring (bicyclic) bond motifs is 1. The monoisotopic (exact) mass is 440 g/mol. The van der Waals surface area contributed by atoms with Crippen LogP contribution in [0.4, 0.5) is 5.13 Å². The van der Waals surface area contributed by atoms with Gasteiger partial charge in [0.2, 0.25) is 5.91 Å². The number of anilines is 1. The minimum absolute atomic E-state index is 0.0571. The van der Waals surface area contributed by atoms with E-state index < -0.39 is 0 Å². The van der Waals surface area contributed by atoms with Crippen LogP contribution >= 0.6 is 22.9 Å². The van der Waals surface area contributed by atoms with Gasteiger partial charge < -0.3 is 9.15 Å². The maximum absolute atomic E-state index is 13.3. The van der Waals surface area contributed by atoms with E-state index in [1.165, 1.54) is 11.3 Å². The first-order valence-corrected chi connectivity index (χ1v) is 10.8. The second-order valence-electron chi connectivity index (χ2n) is 6.88. The third-order valence-corrected chi connectivity index (χ3v) is 5.90. The fraction of sp³-hybridized carbons (Fsp3) is 0.217. The highest BCUT2D eigenvalue weighted by atomic mass is 35.5. The Balaban J connectivity index is 1.64. The largest absolute Gasteiger partial charge is 0.494 e. The van der Waals surface area contributed by atoms with Crippen molar-refractivity contribution in [2.24, 2.45) is 0 Å². The summed E-state index contributed by atoms with van der Waals surface area (Å²) < 4.78 is 11.9. The molecule has 0 aliphatic rings. The molecule has 0 aliphatic heterocycles. The van der Waals surface area contributed by atoms with E-state index in [-0.39, 0.29) is 12.3 Å². The molecule has 0 bridgehead atoms. The Morgan fingerprint density at radius 1 is 1.23 bits per heavy atom. The molecule has 0 saturated heterocycles. The quantitative estimate of drug-likeness (QED) is 0.352. The second-order valence-corrected chi connectivity index (χ2v) is 8.32. The molecule has 0 fully saturated rings. The highest BCUT2D eigenvalue weighted by Gasteiger charge is 2.22. The summed E-state index contributed by atoms with van der Waals surface area (Å²) >= 11 is 7.66. The topological polar surface area (TPSA) is 55.6 Å². The van der Waals surface area contributed by atoms with E-state index in [1.54, 1.807) is 11.2 Å². The number of furan rings is 1. The van der Waals surface area contributed by atoms with Gasteiger partial charge in [0.15, 0.2) is 5.13 Å². The zero-order chi connectivity index (χ0) is 21.1. The van der Waals surface area contributed by atoms with Gasteiger partial charge in [-0.1, -0.05) is 35.1 Å². The van der Waals surface area contributed by atoms with Crippen molar-refractivity contribution in [1.82, 2.24) is 4.98 Å². The smallest absolute Gasteiger partial charge is 0.233 e. The molecule has 0 saturated carbocycles. The third-order valence-electron chi connectivity index (χ3n) is 4.65. The van der Waals surface area contributed by atoms with Gasteiger partial charge in [0, 0.05) is 5.02 Å². The molecule has 2 aromatic carbocycles. The van der Waals surface area contributed by atoms with Crippen molar-refractivity contribution < 1.29 is 13.9 Å². The number of aryl methyl sites for hydroxylation is 1. The standard InChI is InChI=1S/C23H21ClN2O3S/c1-3-28-18-8-6-16(7-9-18)12-21(27)26(14-19-5-4-10-29-19)23-25-22-15(2)11-17(24)13-20(22)30-23/h4-11,13H,3,12,14H2,1-2H3. The Morgan fingerprint density at radius 3 is 2.73 bits per heavy atom. The van der Waals surface area contributed by atoms with E-state index in [0.717, 1.165) is 27.1 Å². The number of amides is 1. The lowest BCUT2D eigenvalue weighted by Gasteiger charge is -2.19. The normalized spacial score (nSPS) is 11.0. The number of thiazole rings is 1. The third kappa shape index (κ3) is 4.50. The number of aromatic nitrogens is 1. The van der Waals surface area contributed by atoms with Crippen LogP contribution in [-0.4, -0.2) is 17.5 Å². The molecule has 2 aromatic heterocycles. The van der Waals surface area contributed by atoms with Gasteiger partial charge in [-0.15, -0.1) is 0 Å². The summed E-state index contributed by atoms with van der Waals surface area (Å²) in [6.45, 7) is 4.83. The average Bonchev–Trinajstić information content (AvgIpc) is 3.37. The van der Waals surface area contributed by atoms with Crippen molar-refractivity contribution in [2.45, 2.75) is 26.8 Å². The zero-order valence-electron chi connectivity index (χ0n) is 16.7. The van der Waals surface area contributed by atoms with Gasteiger partial charge in [-0.25, -0.2) is 4.98 Å². The minimum atomic E-state index is -0.0571. The Labute approximate surface area is 183 Å². The highest BCUT2D eigenvalue weighted by molar-refractivity contribution is 7.22. The van der Waals surface area contributed by atoms with E-state index in [1.807, 2.05) is 62.4 Å². The number of nitrogens with zero attached hydrogens (tertiary/aromatic N) is 2. The number of carbonyl (C=O) groups excluding carboxylic acids is 1. The molecule has 5 nitrogen and oxygen atoms in total. The number of halogens is 1. The molecule has 0 unspecified atom stereocenters. The van der Waals surface area contributed by atoms with E-state index in [2.05, 4.69) is 0 Å². The maximum atomic E-state index is 13.3. The lowest BCUT2D eigenvalue weighted by atomic mass is 10.1. The second kappa shape index (κ2) is 8.90. The molecule has 0 N–H and O–H groups in total. The Kier molecular flexibility index (Phi) is 6.06. The van der Waals surface area contributed by atoms with E-state index in [9.17, 15) is 4.79 Å². The van der Waals surface area contributed by atoms with Crippen molar-refractivity contribution >= 4 is 44.2 Å². The summed E-state index contributed by atoms with van der Waals surface area (Å²) in [7, 11) is 0. The van der Waals surface area contributed by atoms with E-state index in [4.69, 9.17) is 25.7 Å². The summed E-state index contributed by atoms with van der Waals surface area (Å²) in [6.07, 6.45) is 1.86. The number of carbonyl (C=O) groups is 1. The van der Waals surface area contributed by atoms with Gasteiger partial charge in [-0.2, -0.15) is 0 Å². The highest BCUT2D eigenvalue weighted by Crippen LogP contribution is 2.34. The number of ether oxygens (including phenoxy) is 1. The molecule has 4 rings (SSSR count). The molecule has 0 spiro atoms.